The van der Waals surface area contributed by atoms with E-state index in [0.29, 0.717) is 36.9 Å². The maximum absolute atomic E-state index is 12.7. The minimum atomic E-state index is -3.50. The Morgan fingerprint density at radius 3 is 2.29 bits per heavy atom. The first-order valence-corrected chi connectivity index (χ1v) is 13.9. The Morgan fingerprint density at radius 1 is 0.941 bits per heavy atom. The van der Waals surface area contributed by atoms with E-state index >= 15 is 0 Å². The predicted molar refractivity (Wildman–Crippen MR) is 138 cm³/mol. The van der Waals surface area contributed by atoms with Gasteiger partial charge in [0.25, 0.3) is 5.91 Å². The first-order valence-electron chi connectivity index (χ1n) is 11.2. The molecule has 2 aliphatic heterocycles. The Balaban J connectivity index is 1.16. The molecule has 2 fully saturated rings. The fraction of sp³-hybridized carbons (Fsp3) is 0.348. The predicted octanol–water partition coefficient (Wildman–Crippen LogP) is 2.92. The Bertz CT molecular complexity index is 1280. The van der Waals surface area contributed by atoms with E-state index in [1.165, 1.54) is 33.3 Å². The van der Waals surface area contributed by atoms with E-state index in [0.717, 1.165) is 36.6 Å². The summed E-state index contributed by atoms with van der Waals surface area (Å²) in [5, 5.41) is 4.16. The van der Waals surface area contributed by atoms with E-state index in [2.05, 4.69) is 16.3 Å². The van der Waals surface area contributed by atoms with Crippen LogP contribution in [-0.4, -0.2) is 72.9 Å². The monoisotopic (exact) mass is 515 g/mol. The summed E-state index contributed by atoms with van der Waals surface area (Å²) in [4.78, 5) is 21.8. The highest BCUT2D eigenvalue weighted by Crippen LogP contribution is 2.29. The summed E-state index contributed by atoms with van der Waals surface area (Å²) in [6.45, 7) is 3.98. The molecule has 178 valence electrons. The van der Waals surface area contributed by atoms with Crippen molar-refractivity contribution < 1.29 is 13.2 Å². The number of thiazole rings is 1. The quantitative estimate of drug-likeness (QED) is 0.535. The van der Waals surface area contributed by atoms with Crippen molar-refractivity contribution in [2.24, 2.45) is 0 Å². The van der Waals surface area contributed by atoms with Gasteiger partial charge in [-0.3, -0.25) is 10.1 Å². The number of aromatic nitrogens is 1. The van der Waals surface area contributed by atoms with Crippen LogP contribution < -0.4 is 10.2 Å². The van der Waals surface area contributed by atoms with Crippen molar-refractivity contribution in [1.82, 2.24) is 19.5 Å². The van der Waals surface area contributed by atoms with Gasteiger partial charge in [0.05, 0.1) is 15.1 Å². The molecule has 1 aromatic heterocycles. The SMILES string of the molecule is O=C(NC(=S)N1CCN(c2nc3ccccc3s2)CC1)c1ccc(S(=O)(=O)N2CCCC2)cc1. The van der Waals surface area contributed by atoms with Crippen molar-refractivity contribution in [2.75, 3.05) is 44.2 Å². The molecule has 2 saturated heterocycles. The number of carbonyl (C=O) groups is 1. The average molecular weight is 516 g/mol. The van der Waals surface area contributed by atoms with E-state index in [4.69, 9.17) is 17.2 Å². The Morgan fingerprint density at radius 2 is 1.62 bits per heavy atom. The van der Waals surface area contributed by atoms with E-state index in [-0.39, 0.29) is 10.8 Å². The third kappa shape index (κ3) is 4.65. The molecule has 0 unspecified atom stereocenters. The van der Waals surface area contributed by atoms with Gasteiger partial charge < -0.3 is 9.80 Å². The number of hydrogen-bond donors (Lipinski definition) is 1. The van der Waals surface area contributed by atoms with Crippen LogP contribution in [0.2, 0.25) is 0 Å². The highest BCUT2D eigenvalue weighted by molar-refractivity contribution is 7.89. The fourth-order valence-electron chi connectivity index (χ4n) is 4.20. The summed E-state index contributed by atoms with van der Waals surface area (Å²) in [6, 6.07) is 14.1. The van der Waals surface area contributed by atoms with Crippen molar-refractivity contribution in [1.29, 1.82) is 0 Å². The van der Waals surface area contributed by atoms with Crippen molar-refractivity contribution in [3.8, 4) is 0 Å². The van der Waals surface area contributed by atoms with Gasteiger partial charge in [-0.1, -0.05) is 23.5 Å². The Labute approximate surface area is 208 Å². The van der Waals surface area contributed by atoms with Gasteiger partial charge in [0.15, 0.2) is 10.2 Å². The number of piperazine rings is 1. The minimum absolute atomic E-state index is 0.208. The van der Waals surface area contributed by atoms with Crippen molar-refractivity contribution in [2.45, 2.75) is 17.7 Å². The molecule has 5 rings (SSSR count). The average Bonchev–Trinajstić information content (AvgIpc) is 3.55. The molecule has 3 aromatic rings. The lowest BCUT2D eigenvalue weighted by Gasteiger charge is -2.35. The largest absolute Gasteiger partial charge is 0.345 e. The molecule has 2 aromatic carbocycles. The van der Waals surface area contributed by atoms with Crippen LogP contribution in [-0.2, 0) is 10.0 Å². The van der Waals surface area contributed by atoms with Gasteiger partial charge in [0.2, 0.25) is 10.0 Å². The lowest BCUT2D eigenvalue weighted by Crippen LogP contribution is -2.52. The smallest absolute Gasteiger partial charge is 0.257 e. The molecule has 11 heteroatoms. The molecule has 1 amide bonds. The number of hydrogen-bond acceptors (Lipinski definition) is 7. The standard InChI is InChI=1S/C23H25N5O3S3/c29-21(17-7-9-18(10-8-17)34(30,31)28-11-3-4-12-28)25-22(32)26-13-15-27(16-14-26)23-24-19-5-1-2-6-20(19)33-23/h1-2,5-10H,3-4,11-16H2,(H,25,29,32). The summed E-state index contributed by atoms with van der Waals surface area (Å²) in [7, 11) is -3.50. The van der Waals surface area contributed by atoms with Crippen LogP contribution in [0.1, 0.15) is 23.2 Å². The number of para-hydroxylation sites is 1. The van der Waals surface area contributed by atoms with E-state index < -0.39 is 10.0 Å². The summed E-state index contributed by atoms with van der Waals surface area (Å²) >= 11 is 7.16. The molecule has 0 radical (unpaired) electrons. The Hall–Kier alpha value is -2.60. The Kier molecular flexibility index (Phi) is 6.52. The van der Waals surface area contributed by atoms with Gasteiger partial charge in [-0.05, 0) is 61.5 Å². The van der Waals surface area contributed by atoms with Crippen LogP contribution in [0, 0.1) is 0 Å². The van der Waals surface area contributed by atoms with Gasteiger partial charge in [0, 0.05) is 44.8 Å². The van der Waals surface area contributed by atoms with Crippen LogP contribution in [0.5, 0.6) is 0 Å². The van der Waals surface area contributed by atoms with E-state index in [9.17, 15) is 13.2 Å². The minimum Gasteiger partial charge on any atom is -0.345 e. The van der Waals surface area contributed by atoms with Gasteiger partial charge in [0.1, 0.15) is 0 Å². The zero-order valence-electron chi connectivity index (χ0n) is 18.5. The highest BCUT2D eigenvalue weighted by Gasteiger charge is 2.27. The second-order valence-electron chi connectivity index (χ2n) is 8.33. The summed E-state index contributed by atoms with van der Waals surface area (Å²) in [6.07, 6.45) is 1.76. The molecule has 34 heavy (non-hydrogen) atoms. The number of rotatable bonds is 4. The van der Waals surface area contributed by atoms with Gasteiger partial charge in [-0.25, -0.2) is 13.4 Å². The fourth-order valence-corrected chi connectivity index (χ4v) is 7.01. The number of fused-ring (bicyclic) bond motifs is 1. The van der Waals surface area contributed by atoms with Crippen LogP contribution in [0.15, 0.2) is 53.4 Å². The lowest BCUT2D eigenvalue weighted by molar-refractivity contribution is 0.0973. The van der Waals surface area contributed by atoms with Crippen LogP contribution in [0.3, 0.4) is 0 Å². The second kappa shape index (κ2) is 9.57. The molecule has 0 aliphatic carbocycles. The molecule has 2 aliphatic rings. The summed E-state index contributed by atoms with van der Waals surface area (Å²) < 4.78 is 28.0. The van der Waals surface area contributed by atoms with Crippen molar-refractivity contribution in [3.63, 3.8) is 0 Å². The molecule has 3 heterocycles. The zero-order chi connectivity index (χ0) is 23.7. The third-order valence-electron chi connectivity index (χ3n) is 6.16. The maximum Gasteiger partial charge on any atom is 0.257 e. The highest BCUT2D eigenvalue weighted by atomic mass is 32.2. The number of sulfonamides is 1. The molecule has 0 saturated carbocycles. The second-order valence-corrected chi connectivity index (χ2v) is 11.7. The molecule has 1 N–H and O–H groups in total. The van der Waals surface area contributed by atoms with Gasteiger partial charge in [-0.15, -0.1) is 0 Å². The van der Waals surface area contributed by atoms with Crippen LogP contribution in [0.4, 0.5) is 5.13 Å². The number of amides is 1. The number of anilines is 1. The van der Waals surface area contributed by atoms with Crippen molar-refractivity contribution in [3.05, 3.63) is 54.1 Å². The first kappa shape index (κ1) is 23.2. The summed E-state index contributed by atoms with van der Waals surface area (Å²) in [5.41, 5.74) is 1.38. The van der Waals surface area contributed by atoms with E-state index in [1.54, 1.807) is 11.3 Å². The van der Waals surface area contributed by atoms with Crippen LogP contribution >= 0.6 is 23.6 Å². The molecule has 0 atom stereocenters. The maximum atomic E-state index is 12.7. The third-order valence-corrected chi connectivity index (χ3v) is 9.53. The molecular weight excluding hydrogens is 490 g/mol. The van der Waals surface area contributed by atoms with Crippen LogP contribution in [0.25, 0.3) is 10.2 Å². The molecule has 0 spiro atoms. The molecule has 0 bridgehead atoms. The number of benzene rings is 2. The summed E-state index contributed by atoms with van der Waals surface area (Å²) in [5.74, 6) is -0.344. The number of nitrogens with one attached hydrogen (secondary N) is 1. The van der Waals surface area contributed by atoms with Gasteiger partial charge in [-0.2, -0.15) is 4.31 Å². The lowest BCUT2D eigenvalue weighted by atomic mass is 10.2. The number of carbonyl (C=O) groups excluding carboxylic acids is 1. The molecule has 8 nitrogen and oxygen atoms in total. The zero-order valence-corrected chi connectivity index (χ0v) is 21.0. The topological polar surface area (TPSA) is 85.9 Å². The molecular formula is C23H25N5O3S3. The first-order chi connectivity index (χ1) is 16.4. The number of nitrogens with zero attached hydrogens (tertiary/aromatic N) is 4. The van der Waals surface area contributed by atoms with Crippen molar-refractivity contribution >= 4 is 59.9 Å². The number of thiocarbonyl (C=S) groups is 1. The normalized spacial score (nSPS) is 17.3. The van der Waals surface area contributed by atoms with E-state index in [1.807, 2.05) is 23.1 Å². The van der Waals surface area contributed by atoms with Gasteiger partial charge >= 0.3 is 0 Å².